The molecular weight excluding hydrogens is 364 g/mol. The zero-order valence-electron chi connectivity index (χ0n) is 14.8. The number of carbonyl (C=O) groups is 1. The Labute approximate surface area is 160 Å². The van der Waals surface area contributed by atoms with Gasteiger partial charge in [0.05, 0.1) is 5.75 Å². The van der Waals surface area contributed by atoms with E-state index in [1.807, 2.05) is 16.7 Å². The van der Waals surface area contributed by atoms with Crippen molar-refractivity contribution in [2.45, 2.75) is 25.0 Å². The highest BCUT2D eigenvalue weighted by atomic mass is 32.2. The van der Waals surface area contributed by atoms with Gasteiger partial charge in [-0.15, -0.1) is 10.2 Å². The van der Waals surface area contributed by atoms with Crippen molar-refractivity contribution >= 4 is 17.5 Å². The Morgan fingerprint density at radius 2 is 1.96 bits per heavy atom. The van der Waals surface area contributed by atoms with Gasteiger partial charge in [0.2, 0.25) is 6.79 Å². The molecule has 3 aromatic rings. The number of ether oxygens (including phenoxy) is 2. The third kappa shape index (κ3) is 3.66. The van der Waals surface area contributed by atoms with E-state index in [1.54, 1.807) is 30.6 Å². The lowest BCUT2D eigenvalue weighted by Crippen LogP contribution is -2.06. The van der Waals surface area contributed by atoms with Gasteiger partial charge >= 0.3 is 0 Å². The van der Waals surface area contributed by atoms with Crippen molar-refractivity contribution in [3.8, 4) is 22.9 Å². The van der Waals surface area contributed by atoms with E-state index in [2.05, 4.69) is 22.1 Å². The number of rotatable bonds is 7. The molecule has 138 valence electrons. The number of fused-ring (bicyclic) bond motifs is 1. The molecule has 7 nitrogen and oxygen atoms in total. The Hall–Kier alpha value is -2.87. The third-order valence-corrected chi connectivity index (χ3v) is 5.10. The van der Waals surface area contributed by atoms with Gasteiger partial charge in [-0.05, 0) is 36.8 Å². The van der Waals surface area contributed by atoms with Gasteiger partial charge < -0.3 is 14.0 Å². The molecule has 8 heteroatoms. The molecule has 0 saturated heterocycles. The van der Waals surface area contributed by atoms with Gasteiger partial charge in [-0.1, -0.05) is 18.7 Å². The zero-order valence-corrected chi connectivity index (χ0v) is 15.6. The second-order valence-electron chi connectivity index (χ2n) is 5.97. The number of benzene rings is 1. The number of hydrogen-bond acceptors (Lipinski definition) is 7. The lowest BCUT2D eigenvalue weighted by molar-refractivity contribution is 0.102. The minimum Gasteiger partial charge on any atom is -0.454 e. The molecule has 27 heavy (non-hydrogen) atoms. The highest BCUT2D eigenvalue weighted by Gasteiger charge is 2.18. The minimum absolute atomic E-state index is 0.00908. The van der Waals surface area contributed by atoms with Crippen LogP contribution >= 0.6 is 11.8 Å². The average Bonchev–Trinajstić information content (AvgIpc) is 3.33. The summed E-state index contributed by atoms with van der Waals surface area (Å²) in [4.78, 5) is 16.6. The Kier molecular flexibility index (Phi) is 5.06. The predicted octanol–water partition coefficient (Wildman–Crippen LogP) is 3.45. The summed E-state index contributed by atoms with van der Waals surface area (Å²) in [5, 5.41) is 9.35. The molecule has 1 aromatic carbocycles. The van der Waals surface area contributed by atoms with Gasteiger partial charge in [-0.3, -0.25) is 9.78 Å². The first kappa shape index (κ1) is 17.5. The Balaban J connectivity index is 1.51. The van der Waals surface area contributed by atoms with E-state index in [9.17, 15) is 4.79 Å². The van der Waals surface area contributed by atoms with E-state index in [1.165, 1.54) is 11.8 Å². The van der Waals surface area contributed by atoms with Crippen molar-refractivity contribution in [1.82, 2.24) is 19.7 Å². The van der Waals surface area contributed by atoms with Crippen LogP contribution in [0, 0.1) is 0 Å². The fourth-order valence-electron chi connectivity index (χ4n) is 2.82. The molecule has 0 N–H and O–H groups in total. The first-order valence-corrected chi connectivity index (χ1v) is 9.64. The third-order valence-electron chi connectivity index (χ3n) is 4.13. The lowest BCUT2D eigenvalue weighted by Gasteiger charge is -2.08. The zero-order chi connectivity index (χ0) is 18.6. The maximum atomic E-state index is 12.6. The molecule has 0 fully saturated rings. The summed E-state index contributed by atoms with van der Waals surface area (Å²) >= 11 is 1.39. The molecule has 0 saturated carbocycles. The molecule has 3 heterocycles. The molecule has 2 aromatic heterocycles. The molecular formula is C19H18N4O3S. The molecule has 4 rings (SSSR count). The van der Waals surface area contributed by atoms with Gasteiger partial charge in [0.25, 0.3) is 0 Å². The monoisotopic (exact) mass is 382 g/mol. The Bertz CT molecular complexity index is 959. The van der Waals surface area contributed by atoms with Crippen molar-refractivity contribution in [2.24, 2.45) is 0 Å². The van der Waals surface area contributed by atoms with Gasteiger partial charge in [0.1, 0.15) is 0 Å². The van der Waals surface area contributed by atoms with Crippen LogP contribution in [0.5, 0.6) is 11.5 Å². The van der Waals surface area contributed by atoms with Gasteiger partial charge in [-0.2, -0.15) is 0 Å². The van der Waals surface area contributed by atoms with E-state index in [-0.39, 0.29) is 18.3 Å². The van der Waals surface area contributed by atoms with Crippen LogP contribution in [0.1, 0.15) is 23.7 Å². The second-order valence-corrected chi connectivity index (χ2v) is 6.92. The van der Waals surface area contributed by atoms with Crippen LogP contribution in [-0.4, -0.2) is 38.1 Å². The van der Waals surface area contributed by atoms with Crippen molar-refractivity contribution in [1.29, 1.82) is 0 Å². The summed E-state index contributed by atoms with van der Waals surface area (Å²) in [5.74, 6) is 2.36. The fourth-order valence-corrected chi connectivity index (χ4v) is 3.68. The molecule has 1 aliphatic rings. The number of pyridine rings is 1. The molecule has 0 atom stereocenters. The first-order chi connectivity index (χ1) is 13.3. The summed E-state index contributed by atoms with van der Waals surface area (Å²) in [7, 11) is 0. The summed E-state index contributed by atoms with van der Waals surface area (Å²) in [5.41, 5.74) is 1.56. The van der Waals surface area contributed by atoms with Crippen LogP contribution in [0.2, 0.25) is 0 Å². The SMILES string of the molecule is CCCn1c(SCC(=O)c2ccc3c(c2)OCO3)nnc1-c1ccncc1. The summed E-state index contributed by atoms with van der Waals surface area (Å²) < 4.78 is 12.7. The number of nitrogens with zero attached hydrogens (tertiary/aromatic N) is 4. The molecule has 0 aliphatic carbocycles. The number of carbonyl (C=O) groups excluding carboxylic acids is 1. The molecule has 0 radical (unpaired) electrons. The van der Waals surface area contributed by atoms with Crippen LogP contribution in [0.25, 0.3) is 11.4 Å². The molecule has 0 amide bonds. The highest BCUT2D eigenvalue weighted by Crippen LogP contribution is 2.33. The van der Waals surface area contributed by atoms with E-state index < -0.39 is 0 Å². The topological polar surface area (TPSA) is 79.1 Å². The van der Waals surface area contributed by atoms with Crippen molar-refractivity contribution in [3.63, 3.8) is 0 Å². The average molecular weight is 382 g/mol. The minimum atomic E-state index is 0.00908. The number of aromatic nitrogens is 4. The number of ketones is 1. The first-order valence-electron chi connectivity index (χ1n) is 8.65. The van der Waals surface area contributed by atoms with E-state index >= 15 is 0 Å². The van der Waals surface area contributed by atoms with Crippen LogP contribution in [0.3, 0.4) is 0 Å². The molecule has 0 spiro atoms. The van der Waals surface area contributed by atoms with Crippen molar-refractivity contribution in [3.05, 3.63) is 48.3 Å². The second kappa shape index (κ2) is 7.79. The molecule has 1 aliphatic heterocycles. The maximum Gasteiger partial charge on any atom is 0.231 e. The largest absolute Gasteiger partial charge is 0.454 e. The predicted molar refractivity (Wildman–Crippen MR) is 101 cm³/mol. The van der Waals surface area contributed by atoms with Gasteiger partial charge in [0.15, 0.2) is 28.3 Å². The number of Topliss-reactive ketones (excluding diaryl/α,β-unsaturated/α-hetero) is 1. The quantitative estimate of drug-likeness (QED) is 0.457. The Morgan fingerprint density at radius 3 is 2.78 bits per heavy atom. The highest BCUT2D eigenvalue weighted by molar-refractivity contribution is 7.99. The Morgan fingerprint density at radius 1 is 1.15 bits per heavy atom. The lowest BCUT2D eigenvalue weighted by atomic mass is 10.1. The summed E-state index contributed by atoms with van der Waals surface area (Å²) in [6.45, 7) is 3.08. The van der Waals surface area contributed by atoms with Gasteiger partial charge in [0, 0.05) is 30.1 Å². The van der Waals surface area contributed by atoms with Gasteiger partial charge in [-0.25, -0.2) is 0 Å². The normalized spacial score (nSPS) is 12.3. The van der Waals surface area contributed by atoms with Crippen LogP contribution in [0.4, 0.5) is 0 Å². The summed E-state index contributed by atoms with van der Waals surface area (Å²) in [6, 6.07) is 9.06. The van der Waals surface area contributed by atoms with Crippen LogP contribution < -0.4 is 9.47 Å². The summed E-state index contributed by atoms with van der Waals surface area (Å²) in [6.07, 6.45) is 4.41. The van der Waals surface area contributed by atoms with E-state index in [0.717, 1.165) is 29.5 Å². The maximum absolute atomic E-state index is 12.6. The van der Waals surface area contributed by atoms with E-state index in [4.69, 9.17) is 9.47 Å². The fraction of sp³-hybridized carbons (Fsp3) is 0.263. The number of hydrogen-bond donors (Lipinski definition) is 0. The van der Waals surface area contributed by atoms with Crippen molar-refractivity contribution < 1.29 is 14.3 Å². The number of thioether (sulfide) groups is 1. The molecule has 0 unspecified atom stereocenters. The van der Waals surface area contributed by atoms with Crippen LogP contribution in [0.15, 0.2) is 47.9 Å². The smallest absolute Gasteiger partial charge is 0.231 e. The standard InChI is InChI=1S/C19H18N4O3S/c1-2-9-23-18(13-5-7-20-8-6-13)21-22-19(23)27-11-15(24)14-3-4-16-17(10-14)26-12-25-16/h3-8,10H,2,9,11-12H2,1H3. The molecule has 0 bridgehead atoms. The van der Waals surface area contributed by atoms with Crippen LogP contribution in [-0.2, 0) is 6.54 Å². The van der Waals surface area contributed by atoms with E-state index in [0.29, 0.717) is 17.1 Å². The van der Waals surface area contributed by atoms with Crippen molar-refractivity contribution in [2.75, 3.05) is 12.5 Å².